The van der Waals surface area contributed by atoms with Crippen molar-refractivity contribution in [1.29, 1.82) is 0 Å². The lowest BCUT2D eigenvalue weighted by molar-refractivity contribution is -0.120. The third-order valence-electron chi connectivity index (χ3n) is 3.70. The number of nitrogens with one attached hydrogen (secondary N) is 2. The van der Waals surface area contributed by atoms with Crippen LogP contribution in [0.15, 0.2) is 53.6 Å². The van der Waals surface area contributed by atoms with E-state index in [-0.39, 0.29) is 23.7 Å². The number of hydrogen-bond donors (Lipinski definition) is 2. The molecule has 2 amide bonds. The van der Waals surface area contributed by atoms with Gasteiger partial charge in [-0.1, -0.05) is 45.0 Å². The molecule has 0 spiro atoms. The van der Waals surface area contributed by atoms with Gasteiger partial charge in [0.25, 0.3) is 11.8 Å². The summed E-state index contributed by atoms with van der Waals surface area (Å²) in [6.45, 7) is 6.09. The number of nitrogens with zero attached hydrogens (tertiary/aromatic N) is 1. The van der Waals surface area contributed by atoms with Crippen LogP contribution >= 0.6 is 0 Å². The van der Waals surface area contributed by atoms with Crippen LogP contribution in [0.4, 0.5) is 4.39 Å². The Morgan fingerprint density at radius 2 is 1.65 bits per heavy atom. The summed E-state index contributed by atoms with van der Waals surface area (Å²) < 4.78 is 12.8. The molecular weight excluding hydrogens is 333 g/mol. The van der Waals surface area contributed by atoms with Crippen molar-refractivity contribution in [3.63, 3.8) is 0 Å². The van der Waals surface area contributed by atoms with Gasteiger partial charge in [-0.15, -0.1) is 0 Å². The number of hydrogen-bond acceptors (Lipinski definition) is 3. The second-order valence-electron chi connectivity index (χ2n) is 6.85. The van der Waals surface area contributed by atoms with Crippen molar-refractivity contribution in [3.05, 3.63) is 71.0 Å². The topological polar surface area (TPSA) is 70.6 Å². The molecule has 0 aliphatic carbocycles. The fourth-order valence-electron chi connectivity index (χ4n) is 2.15. The van der Waals surface area contributed by atoms with E-state index < -0.39 is 5.91 Å². The van der Waals surface area contributed by atoms with Crippen LogP contribution in [0.3, 0.4) is 0 Å². The molecule has 0 bridgehead atoms. The van der Waals surface area contributed by atoms with E-state index in [2.05, 4.69) is 36.6 Å². The Morgan fingerprint density at radius 1 is 1.04 bits per heavy atom. The highest BCUT2D eigenvalue weighted by Gasteiger charge is 2.14. The van der Waals surface area contributed by atoms with Gasteiger partial charge in [0.2, 0.25) is 0 Å². The van der Waals surface area contributed by atoms with Gasteiger partial charge in [0.1, 0.15) is 5.82 Å². The summed E-state index contributed by atoms with van der Waals surface area (Å²) in [6, 6.07) is 13.0. The molecular formula is C20H22FN3O2. The van der Waals surface area contributed by atoms with Crippen LogP contribution in [0.1, 0.15) is 42.3 Å². The molecule has 26 heavy (non-hydrogen) atoms. The number of amides is 2. The summed E-state index contributed by atoms with van der Waals surface area (Å²) in [5, 5.41) is 6.30. The van der Waals surface area contributed by atoms with Gasteiger partial charge in [0.15, 0.2) is 0 Å². The van der Waals surface area contributed by atoms with E-state index >= 15 is 0 Å². The van der Waals surface area contributed by atoms with E-state index in [1.807, 2.05) is 12.1 Å². The lowest BCUT2D eigenvalue weighted by Gasteiger charge is -2.19. The summed E-state index contributed by atoms with van der Waals surface area (Å²) >= 11 is 0. The second-order valence-corrected chi connectivity index (χ2v) is 6.85. The first-order valence-electron chi connectivity index (χ1n) is 8.22. The van der Waals surface area contributed by atoms with Crippen LogP contribution in [0, 0.1) is 5.82 Å². The van der Waals surface area contributed by atoms with Crippen LogP contribution in [0.5, 0.6) is 0 Å². The predicted octanol–water partition coefficient (Wildman–Crippen LogP) is 3.00. The molecule has 0 unspecified atom stereocenters. The first kappa shape index (κ1) is 19.3. The number of carbonyl (C=O) groups is 2. The second kappa shape index (κ2) is 8.38. The summed E-state index contributed by atoms with van der Waals surface area (Å²) in [6.07, 6.45) is 1.39. The summed E-state index contributed by atoms with van der Waals surface area (Å²) in [5.74, 6) is -1.13. The van der Waals surface area contributed by atoms with E-state index in [0.29, 0.717) is 11.1 Å². The van der Waals surface area contributed by atoms with Gasteiger partial charge in [-0.2, -0.15) is 5.10 Å². The molecule has 0 saturated heterocycles. The first-order valence-corrected chi connectivity index (χ1v) is 8.22. The molecule has 0 aliphatic rings. The Balaban J connectivity index is 1.81. The Morgan fingerprint density at radius 3 is 2.23 bits per heavy atom. The number of benzene rings is 2. The highest BCUT2D eigenvalue weighted by atomic mass is 19.1. The molecule has 0 saturated carbocycles. The quantitative estimate of drug-likeness (QED) is 0.639. The zero-order valence-corrected chi connectivity index (χ0v) is 15.0. The van der Waals surface area contributed by atoms with Gasteiger partial charge in [-0.05, 0) is 40.8 Å². The Hall–Kier alpha value is -3.02. The van der Waals surface area contributed by atoms with Crippen LogP contribution in [-0.2, 0) is 10.2 Å². The van der Waals surface area contributed by atoms with Crippen LogP contribution < -0.4 is 10.7 Å². The molecule has 0 heterocycles. The van der Waals surface area contributed by atoms with Crippen molar-refractivity contribution in [3.8, 4) is 0 Å². The van der Waals surface area contributed by atoms with E-state index in [9.17, 15) is 14.0 Å². The van der Waals surface area contributed by atoms with Crippen molar-refractivity contribution in [2.75, 3.05) is 6.54 Å². The molecule has 2 rings (SSSR count). The van der Waals surface area contributed by atoms with Gasteiger partial charge in [-0.25, -0.2) is 9.82 Å². The summed E-state index contributed by atoms with van der Waals surface area (Å²) in [5.41, 5.74) is 4.58. The predicted molar refractivity (Wildman–Crippen MR) is 99.6 cm³/mol. The highest BCUT2D eigenvalue weighted by Crippen LogP contribution is 2.22. The van der Waals surface area contributed by atoms with Crippen molar-refractivity contribution < 1.29 is 14.0 Å². The highest BCUT2D eigenvalue weighted by molar-refractivity contribution is 5.96. The Kier molecular flexibility index (Phi) is 6.22. The van der Waals surface area contributed by atoms with Gasteiger partial charge in [0, 0.05) is 5.56 Å². The summed E-state index contributed by atoms with van der Waals surface area (Å²) in [4.78, 5) is 23.8. The largest absolute Gasteiger partial charge is 0.343 e. The fourth-order valence-corrected chi connectivity index (χ4v) is 2.15. The number of carbonyl (C=O) groups excluding carboxylic acids is 2. The minimum absolute atomic E-state index is 0.0113. The molecule has 5 nitrogen and oxygen atoms in total. The number of halogens is 1. The van der Waals surface area contributed by atoms with Crippen molar-refractivity contribution in [2.24, 2.45) is 5.10 Å². The molecule has 2 N–H and O–H groups in total. The maximum atomic E-state index is 12.8. The molecule has 2 aromatic rings. The van der Waals surface area contributed by atoms with E-state index in [1.54, 1.807) is 12.1 Å². The average Bonchev–Trinajstić information content (AvgIpc) is 2.61. The third-order valence-corrected chi connectivity index (χ3v) is 3.70. The molecule has 0 fully saturated rings. The van der Waals surface area contributed by atoms with Crippen LogP contribution in [-0.4, -0.2) is 24.6 Å². The monoisotopic (exact) mass is 355 g/mol. The third kappa shape index (κ3) is 5.81. The molecule has 0 atom stereocenters. The number of rotatable bonds is 5. The minimum Gasteiger partial charge on any atom is -0.343 e. The SMILES string of the molecule is CC(C)(C)c1ccc(C(=O)NCC(=O)N/N=C/c2ccc(F)cc2)cc1. The minimum atomic E-state index is -0.456. The smallest absolute Gasteiger partial charge is 0.259 e. The molecule has 0 aliphatic heterocycles. The van der Waals surface area contributed by atoms with E-state index in [4.69, 9.17) is 0 Å². The normalized spacial score (nSPS) is 11.4. The van der Waals surface area contributed by atoms with Crippen molar-refractivity contribution >= 4 is 18.0 Å². The molecule has 2 aromatic carbocycles. The summed E-state index contributed by atoms with van der Waals surface area (Å²) in [7, 11) is 0. The van der Waals surface area contributed by atoms with Crippen molar-refractivity contribution in [1.82, 2.24) is 10.7 Å². The average molecular weight is 355 g/mol. The Bertz CT molecular complexity index is 791. The first-order chi connectivity index (χ1) is 12.3. The maximum Gasteiger partial charge on any atom is 0.259 e. The molecule has 0 radical (unpaired) electrons. The van der Waals surface area contributed by atoms with Gasteiger partial charge in [0.05, 0.1) is 12.8 Å². The van der Waals surface area contributed by atoms with Gasteiger partial charge < -0.3 is 5.32 Å². The zero-order valence-electron chi connectivity index (χ0n) is 15.0. The maximum absolute atomic E-state index is 12.8. The van der Waals surface area contributed by atoms with Gasteiger partial charge in [-0.3, -0.25) is 9.59 Å². The van der Waals surface area contributed by atoms with Crippen LogP contribution in [0.25, 0.3) is 0 Å². The lowest BCUT2D eigenvalue weighted by atomic mass is 9.87. The standard InChI is InChI=1S/C20H22FN3O2/c1-20(2,3)16-8-6-15(7-9-16)19(26)22-13-18(25)24-23-12-14-4-10-17(21)11-5-14/h4-12H,13H2,1-3H3,(H,22,26)(H,24,25)/b23-12+. The fraction of sp³-hybridized carbons (Fsp3) is 0.250. The van der Waals surface area contributed by atoms with Crippen molar-refractivity contribution in [2.45, 2.75) is 26.2 Å². The molecule has 6 heteroatoms. The van der Waals surface area contributed by atoms with Gasteiger partial charge >= 0.3 is 0 Å². The zero-order chi connectivity index (χ0) is 19.2. The number of hydrazone groups is 1. The van der Waals surface area contributed by atoms with Crippen LogP contribution in [0.2, 0.25) is 0 Å². The van der Waals surface area contributed by atoms with E-state index in [1.165, 1.54) is 30.5 Å². The van der Waals surface area contributed by atoms with E-state index in [0.717, 1.165) is 5.56 Å². The molecule has 136 valence electrons. The Labute approximate surface area is 152 Å². The lowest BCUT2D eigenvalue weighted by Crippen LogP contribution is -2.34. The molecule has 0 aromatic heterocycles.